The third-order valence-corrected chi connectivity index (χ3v) is 4.66. The Morgan fingerprint density at radius 3 is 2.94 bits per heavy atom. The summed E-state index contributed by atoms with van der Waals surface area (Å²) < 4.78 is 0.761. The Bertz CT molecular complexity index is 407. The van der Waals surface area contributed by atoms with Crippen LogP contribution in [0.5, 0.6) is 0 Å². The molecular formula is C12H17ClN2OS. The molecule has 3 nitrogen and oxygen atoms in total. The summed E-state index contributed by atoms with van der Waals surface area (Å²) >= 11 is 7.40. The first kappa shape index (κ1) is 12.9. The molecule has 2 heterocycles. The van der Waals surface area contributed by atoms with Gasteiger partial charge in [0, 0.05) is 10.9 Å². The number of carbonyl (C=O) groups excluding carboxylic acids is 1. The summed E-state index contributed by atoms with van der Waals surface area (Å²) in [4.78, 5) is 13.2. The van der Waals surface area contributed by atoms with Gasteiger partial charge in [-0.1, -0.05) is 11.6 Å². The van der Waals surface area contributed by atoms with E-state index in [1.165, 1.54) is 11.3 Å². The number of carbonyl (C=O) groups is 1. The zero-order valence-electron chi connectivity index (χ0n) is 10.00. The van der Waals surface area contributed by atoms with E-state index >= 15 is 0 Å². The highest BCUT2D eigenvalue weighted by Crippen LogP contribution is 2.27. The molecule has 1 amide bonds. The van der Waals surface area contributed by atoms with Crippen molar-refractivity contribution in [1.82, 2.24) is 10.6 Å². The van der Waals surface area contributed by atoms with Crippen LogP contribution in [-0.2, 0) is 4.79 Å². The lowest BCUT2D eigenvalue weighted by molar-refractivity contribution is -0.125. The molecule has 1 saturated heterocycles. The molecular weight excluding hydrogens is 256 g/mol. The predicted molar refractivity (Wildman–Crippen MR) is 71.5 cm³/mol. The molecule has 1 aliphatic heterocycles. The smallest absolute Gasteiger partial charge is 0.225 e. The quantitative estimate of drug-likeness (QED) is 0.888. The Balaban J connectivity index is 1.94. The monoisotopic (exact) mass is 272 g/mol. The van der Waals surface area contributed by atoms with Crippen LogP contribution in [-0.4, -0.2) is 18.5 Å². The first-order valence-electron chi connectivity index (χ1n) is 5.87. The molecule has 1 aromatic rings. The summed E-state index contributed by atoms with van der Waals surface area (Å²) in [6.45, 7) is 4.98. The second-order valence-electron chi connectivity index (χ2n) is 4.51. The van der Waals surface area contributed by atoms with E-state index in [1.54, 1.807) is 0 Å². The number of thiophene rings is 1. The van der Waals surface area contributed by atoms with Crippen LogP contribution >= 0.6 is 22.9 Å². The molecule has 0 aromatic carbocycles. The number of nitrogens with one attached hydrogen (secondary N) is 2. The lowest BCUT2D eigenvalue weighted by Gasteiger charge is -2.18. The van der Waals surface area contributed by atoms with Crippen molar-refractivity contribution in [2.75, 3.05) is 6.54 Å². The average molecular weight is 273 g/mol. The first-order valence-corrected chi connectivity index (χ1v) is 7.06. The van der Waals surface area contributed by atoms with Crippen LogP contribution in [0.2, 0.25) is 4.34 Å². The van der Waals surface area contributed by atoms with E-state index in [9.17, 15) is 4.79 Å². The molecule has 3 atom stereocenters. The highest BCUT2D eigenvalue weighted by molar-refractivity contribution is 7.16. The fourth-order valence-electron chi connectivity index (χ4n) is 2.17. The molecule has 0 saturated carbocycles. The molecule has 1 aliphatic rings. The van der Waals surface area contributed by atoms with E-state index in [2.05, 4.69) is 17.6 Å². The normalized spacial score (nSPS) is 25.8. The molecule has 2 N–H and O–H groups in total. The summed E-state index contributed by atoms with van der Waals surface area (Å²) in [6.07, 6.45) is 0.922. The zero-order chi connectivity index (χ0) is 12.4. The van der Waals surface area contributed by atoms with E-state index in [4.69, 9.17) is 11.6 Å². The largest absolute Gasteiger partial charge is 0.348 e. The van der Waals surface area contributed by atoms with Gasteiger partial charge in [-0.3, -0.25) is 4.79 Å². The Kier molecular flexibility index (Phi) is 4.07. The number of rotatable bonds is 3. The van der Waals surface area contributed by atoms with Crippen LogP contribution in [0.25, 0.3) is 0 Å². The zero-order valence-corrected chi connectivity index (χ0v) is 11.6. The van der Waals surface area contributed by atoms with Gasteiger partial charge in [-0.05, 0) is 38.9 Å². The Morgan fingerprint density at radius 2 is 2.41 bits per heavy atom. The van der Waals surface area contributed by atoms with Crippen molar-refractivity contribution in [3.63, 3.8) is 0 Å². The molecule has 17 heavy (non-hydrogen) atoms. The van der Waals surface area contributed by atoms with Crippen molar-refractivity contribution < 1.29 is 4.79 Å². The molecule has 0 spiro atoms. The van der Waals surface area contributed by atoms with E-state index in [0.717, 1.165) is 22.2 Å². The van der Waals surface area contributed by atoms with E-state index < -0.39 is 0 Å². The molecule has 5 heteroatoms. The number of hydrogen-bond acceptors (Lipinski definition) is 3. The third kappa shape index (κ3) is 3.00. The van der Waals surface area contributed by atoms with Crippen LogP contribution in [0.15, 0.2) is 12.1 Å². The lowest BCUT2D eigenvalue weighted by atomic mass is 10.0. The standard InChI is InChI=1S/C12H17ClN2OS/c1-7-9(5-6-14-7)12(16)15-8(2)10-3-4-11(13)17-10/h3-4,7-9,14H,5-6H2,1-2H3,(H,15,16). The summed E-state index contributed by atoms with van der Waals surface area (Å²) in [7, 11) is 0. The minimum Gasteiger partial charge on any atom is -0.348 e. The fraction of sp³-hybridized carbons (Fsp3) is 0.583. The van der Waals surface area contributed by atoms with Crippen molar-refractivity contribution in [3.8, 4) is 0 Å². The Hall–Kier alpha value is -0.580. The van der Waals surface area contributed by atoms with Crippen molar-refractivity contribution in [3.05, 3.63) is 21.3 Å². The molecule has 0 aliphatic carbocycles. The summed E-state index contributed by atoms with van der Waals surface area (Å²) in [5, 5.41) is 6.34. The van der Waals surface area contributed by atoms with E-state index in [-0.39, 0.29) is 23.9 Å². The molecule has 0 bridgehead atoms. The fourth-order valence-corrected chi connectivity index (χ4v) is 3.23. The molecule has 94 valence electrons. The molecule has 1 fully saturated rings. The van der Waals surface area contributed by atoms with Gasteiger partial charge in [0.25, 0.3) is 0 Å². The highest BCUT2D eigenvalue weighted by Gasteiger charge is 2.30. The van der Waals surface area contributed by atoms with Crippen LogP contribution in [0.1, 0.15) is 31.2 Å². The van der Waals surface area contributed by atoms with E-state index in [1.807, 2.05) is 19.1 Å². The number of hydrogen-bond donors (Lipinski definition) is 2. The van der Waals surface area contributed by atoms with Crippen LogP contribution in [0.4, 0.5) is 0 Å². The van der Waals surface area contributed by atoms with Crippen LogP contribution in [0.3, 0.4) is 0 Å². The number of halogens is 1. The summed E-state index contributed by atoms with van der Waals surface area (Å²) in [5.74, 6) is 0.229. The highest BCUT2D eigenvalue weighted by atomic mass is 35.5. The van der Waals surface area contributed by atoms with Crippen LogP contribution < -0.4 is 10.6 Å². The van der Waals surface area contributed by atoms with Gasteiger partial charge in [-0.2, -0.15) is 0 Å². The van der Waals surface area contributed by atoms with Gasteiger partial charge in [0.05, 0.1) is 16.3 Å². The topological polar surface area (TPSA) is 41.1 Å². The summed E-state index contributed by atoms with van der Waals surface area (Å²) in [5.41, 5.74) is 0. The first-order chi connectivity index (χ1) is 8.08. The maximum absolute atomic E-state index is 12.1. The molecule has 3 unspecified atom stereocenters. The van der Waals surface area contributed by atoms with Crippen LogP contribution in [0, 0.1) is 5.92 Å². The average Bonchev–Trinajstić information content (AvgIpc) is 2.86. The van der Waals surface area contributed by atoms with Gasteiger partial charge < -0.3 is 10.6 Å². The second kappa shape index (κ2) is 5.38. The van der Waals surface area contributed by atoms with E-state index in [0.29, 0.717) is 0 Å². The summed E-state index contributed by atoms with van der Waals surface area (Å²) in [6, 6.07) is 4.14. The Morgan fingerprint density at radius 1 is 1.65 bits per heavy atom. The molecule has 2 rings (SSSR count). The van der Waals surface area contributed by atoms with Gasteiger partial charge in [0.1, 0.15) is 0 Å². The van der Waals surface area contributed by atoms with Gasteiger partial charge >= 0.3 is 0 Å². The maximum atomic E-state index is 12.1. The predicted octanol–water partition coefficient (Wildman–Crippen LogP) is 2.58. The second-order valence-corrected chi connectivity index (χ2v) is 6.26. The molecule has 0 radical (unpaired) electrons. The Labute approximate surface area is 111 Å². The van der Waals surface area contributed by atoms with Crippen molar-refractivity contribution >= 4 is 28.8 Å². The van der Waals surface area contributed by atoms with Gasteiger partial charge in [0.2, 0.25) is 5.91 Å². The van der Waals surface area contributed by atoms with Crippen molar-refractivity contribution in [2.45, 2.75) is 32.4 Å². The van der Waals surface area contributed by atoms with Crippen molar-refractivity contribution in [1.29, 1.82) is 0 Å². The minimum absolute atomic E-state index is 0.0350. The third-order valence-electron chi connectivity index (χ3n) is 3.24. The van der Waals surface area contributed by atoms with Gasteiger partial charge in [-0.25, -0.2) is 0 Å². The van der Waals surface area contributed by atoms with Crippen molar-refractivity contribution in [2.24, 2.45) is 5.92 Å². The number of amides is 1. The minimum atomic E-state index is 0.0350. The SMILES string of the molecule is CC(NC(=O)C1CCNC1C)c1ccc(Cl)s1. The maximum Gasteiger partial charge on any atom is 0.225 e. The van der Waals surface area contributed by atoms with Gasteiger partial charge in [-0.15, -0.1) is 11.3 Å². The van der Waals surface area contributed by atoms with Gasteiger partial charge in [0.15, 0.2) is 0 Å². The molecule has 1 aromatic heterocycles. The lowest BCUT2D eigenvalue weighted by Crippen LogP contribution is -2.37.